The van der Waals surface area contributed by atoms with Crippen LogP contribution in [0.1, 0.15) is 19.0 Å². The first-order chi connectivity index (χ1) is 10.2. The second-order valence-electron chi connectivity index (χ2n) is 5.34. The Kier molecular flexibility index (Phi) is 4.06. The Hall–Kier alpha value is -2.08. The first-order valence-electron chi connectivity index (χ1n) is 7.13. The molecule has 1 aromatic heterocycles. The van der Waals surface area contributed by atoms with Gasteiger partial charge in [-0.05, 0) is 25.5 Å². The third-order valence-electron chi connectivity index (χ3n) is 3.75. The van der Waals surface area contributed by atoms with Crippen LogP contribution in [-0.2, 0) is 17.9 Å². The first kappa shape index (κ1) is 13.9. The number of phenols is 1. The summed E-state index contributed by atoms with van der Waals surface area (Å²) in [6, 6.07) is 6.71. The molecular formula is C15H19N3O3. The minimum atomic E-state index is 0.186. The molecule has 112 valence electrons. The van der Waals surface area contributed by atoms with Crippen LogP contribution >= 0.6 is 0 Å². The van der Waals surface area contributed by atoms with E-state index < -0.39 is 0 Å². The fourth-order valence-electron chi connectivity index (χ4n) is 2.48. The molecule has 1 fully saturated rings. The van der Waals surface area contributed by atoms with Crippen LogP contribution in [-0.4, -0.2) is 32.8 Å². The van der Waals surface area contributed by atoms with Crippen molar-refractivity contribution >= 4 is 0 Å². The quantitative estimate of drug-likeness (QED) is 0.911. The summed E-state index contributed by atoms with van der Waals surface area (Å²) in [5.74, 6) is 1.29. The lowest BCUT2D eigenvalue weighted by molar-refractivity contribution is 0.100. The standard InChI is InChI=1S/C15H19N3O3/c1-11-12(5-6-20-11)8-18-9-13(16-17-18)10-21-15-4-2-3-14(19)7-15/h2-4,7,9,11-12,19H,5-6,8,10H2,1H3. The van der Waals surface area contributed by atoms with Crippen LogP contribution in [0.3, 0.4) is 0 Å². The summed E-state index contributed by atoms with van der Waals surface area (Å²) in [5, 5.41) is 17.6. The van der Waals surface area contributed by atoms with Crippen molar-refractivity contribution in [3.05, 3.63) is 36.2 Å². The van der Waals surface area contributed by atoms with Crippen molar-refractivity contribution in [2.45, 2.75) is 32.6 Å². The SMILES string of the molecule is CC1OCCC1Cn1cc(COc2cccc(O)c2)nn1. The molecule has 2 heterocycles. The second-order valence-corrected chi connectivity index (χ2v) is 5.34. The highest BCUT2D eigenvalue weighted by atomic mass is 16.5. The molecule has 0 saturated carbocycles. The van der Waals surface area contributed by atoms with Crippen molar-refractivity contribution in [1.82, 2.24) is 15.0 Å². The predicted octanol–water partition coefficient (Wildman–Crippen LogP) is 1.99. The van der Waals surface area contributed by atoms with Gasteiger partial charge in [0.15, 0.2) is 0 Å². The zero-order chi connectivity index (χ0) is 14.7. The number of phenolic OH excluding ortho intramolecular Hbond substituents is 1. The lowest BCUT2D eigenvalue weighted by Crippen LogP contribution is -2.18. The Bertz CT molecular complexity index is 599. The minimum Gasteiger partial charge on any atom is -0.508 e. The Balaban J connectivity index is 1.55. The molecule has 0 aliphatic carbocycles. The average molecular weight is 289 g/mol. The molecule has 1 aromatic carbocycles. The van der Waals surface area contributed by atoms with E-state index in [0.29, 0.717) is 18.3 Å². The van der Waals surface area contributed by atoms with Gasteiger partial charge in [-0.15, -0.1) is 5.10 Å². The van der Waals surface area contributed by atoms with Gasteiger partial charge >= 0.3 is 0 Å². The maximum absolute atomic E-state index is 9.37. The van der Waals surface area contributed by atoms with Gasteiger partial charge in [0.1, 0.15) is 23.8 Å². The molecule has 21 heavy (non-hydrogen) atoms. The predicted molar refractivity (Wildman–Crippen MR) is 76.0 cm³/mol. The largest absolute Gasteiger partial charge is 0.508 e. The molecule has 0 bridgehead atoms. The van der Waals surface area contributed by atoms with Crippen molar-refractivity contribution in [2.75, 3.05) is 6.61 Å². The second kappa shape index (κ2) is 6.13. The number of hydrogen-bond acceptors (Lipinski definition) is 5. The van der Waals surface area contributed by atoms with Gasteiger partial charge in [-0.3, -0.25) is 4.68 Å². The summed E-state index contributed by atoms with van der Waals surface area (Å²) in [4.78, 5) is 0. The van der Waals surface area contributed by atoms with E-state index in [1.54, 1.807) is 24.3 Å². The Morgan fingerprint density at radius 2 is 2.38 bits per heavy atom. The van der Waals surface area contributed by atoms with Gasteiger partial charge in [0.25, 0.3) is 0 Å². The molecule has 2 aromatic rings. The monoisotopic (exact) mass is 289 g/mol. The van der Waals surface area contributed by atoms with Crippen LogP contribution in [0.25, 0.3) is 0 Å². The number of aromatic hydroxyl groups is 1. The van der Waals surface area contributed by atoms with Crippen LogP contribution in [0.2, 0.25) is 0 Å². The van der Waals surface area contributed by atoms with Crippen molar-refractivity contribution in [3.8, 4) is 11.5 Å². The number of hydrogen-bond donors (Lipinski definition) is 1. The summed E-state index contributed by atoms with van der Waals surface area (Å²) in [6.45, 7) is 4.08. The molecule has 6 heteroatoms. The summed E-state index contributed by atoms with van der Waals surface area (Å²) in [6.07, 6.45) is 3.24. The van der Waals surface area contributed by atoms with Crippen LogP contribution < -0.4 is 4.74 Å². The van der Waals surface area contributed by atoms with E-state index in [-0.39, 0.29) is 11.9 Å². The molecule has 6 nitrogen and oxygen atoms in total. The van der Waals surface area contributed by atoms with Crippen molar-refractivity contribution in [1.29, 1.82) is 0 Å². The van der Waals surface area contributed by atoms with Crippen LogP contribution in [0, 0.1) is 5.92 Å². The lowest BCUT2D eigenvalue weighted by Gasteiger charge is -2.12. The molecule has 0 radical (unpaired) electrons. The molecule has 1 saturated heterocycles. The Morgan fingerprint density at radius 1 is 1.48 bits per heavy atom. The number of aromatic nitrogens is 3. The van der Waals surface area contributed by atoms with Crippen molar-refractivity contribution in [3.63, 3.8) is 0 Å². The van der Waals surface area contributed by atoms with Crippen molar-refractivity contribution in [2.24, 2.45) is 5.92 Å². The van der Waals surface area contributed by atoms with Gasteiger partial charge in [0.05, 0.1) is 12.3 Å². The van der Waals surface area contributed by atoms with E-state index in [0.717, 1.165) is 25.3 Å². The first-order valence-corrected chi connectivity index (χ1v) is 7.13. The Morgan fingerprint density at radius 3 is 3.14 bits per heavy atom. The summed E-state index contributed by atoms with van der Waals surface area (Å²) < 4.78 is 13.0. The van der Waals surface area contributed by atoms with Gasteiger partial charge in [-0.25, -0.2) is 0 Å². The van der Waals surface area contributed by atoms with Gasteiger partial charge in [-0.1, -0.05) is 11.3 Å². The highest BCUT2D eigenvalue weighted by Crippen LogP contribution is 2.22. The normalized spacial score (nSPS) is 21.6. The maximum atomic E-state index is 9.37. The minimum absolute atomic E-state index is 0.186. The van der Waals surface area contributed by atoms with E-state index in [1.165, 1.54) is 0 Å². The van der Waals surface area contributed by atoms with Gasteiger partial charge in [-0.2, -0.15) is 0 Å². The summed E-state index contributed by atoms with van der Waals surface area (Å²) in [5.41, 5.74) is 0.768. The molecule has 1 aliphatic rings. The maximum Gasteiger partial charge on any atom is 0.134 e. The molecular weight excluding hydrogens is 270 g/mol. The molecule has 3 rings (SSSR count). The molecule has 2 atom stereocenters. The molecule has 0 spiro atoms. The van der Waals surface area contributed by atoms with Gasteiger partial charge in [0, 0.05) is 25.1 Å². The van der Waals surface area contributed by atoms with Crippen LogP contribution in [0.5, 0.6) is 11.5 Å². The number of ether oxygens (including phenoxy) is 2. The van der Waals surface area contributed by atoms with Crippen LogP contribution in [0.15, 0.2) is 30.5 Å². The topological polar surface area (TPSA) is 69.4 Å². The number of benzene rings is 1. The molecule has 1 N–H and O–H groups in total. The van der Waals surface area contributed by atoms with E-state index in [4.69, 9.17) is 9.47 Å². The molecule has 2 unspecified atom stereocenters. The fraction of sp³-hybridized carbons (Fsp3) is 0.467. The van der Waals surface area contributed by atoms with E-state index in [2.05, 4.69) is 17.2 Å². The summed E-state index contributed by atoms with van der Waals surface area (Å²) in [7, 11) is 0. The third kappa shape index (κ3) is 3.52. The lowest BCUT2D eigenvalue weighted by atomic mass is 10.0. The number of rotatable bonds is 5. The highest BCUT2D eigenvalue weighted by Gasteiger charge is 2.24. The van der Waals surface area contributed by atoms with Crippen molar-refractivity contribution < 1.29 is 14.6 Å². The van der Waals surface area contributed by atoms with Gasteiger partial charge < -0.3 is 14.6 Å². The third-order valence-corrected chi connectivity index (χ3v) is 3.75. The highest BCUT2D eigenvalue weighted by molar-refractivity contribution is 5.31. The van der Waals surface area contributed by atoms with E-state index in [1.807, 2.05) is 10.9 Å². The summed E-state index contributed by atoms with van der Waals surface area (Å²) >= 11 is 0. The number of nitrogens with zero attached hydrogens (tertiary/aromatic N) is 3. The molecule has 0 amide bonds. The fourth-order valence-corrected chi connectivity index (χ4v) is 2.48. The zero-order valence-electron chi connectivity index (χ0n) is 12.0. The van der Waals surface area contributed by atoms with Gasteiger partial charge in [0.2, 0.25) is 0 Å². The zero-order valence-corrected chi connectivity index (χ0v) is 12.0. The van der Waals surface area contributed by atoms with E-state index >= 15 is 0 Å². The Labute approximate surface area is 123 Å². The van der Waals surface area contributed by atoms with E-state index in [9.17, 15) is 5.11 Å². The average Bonchev–Trinajstić information content (AvgIpc) is 3.07. The van der Waals surface area contributed by atoms with Crippen LogP contribution in [0.4, 0.5) is 0 Å². The smallest absolute Gasteiger partial charge is 0.134 e. The molecule has 1 aliphatic heterocycles.